The van der Waals surface area contributed by atoms with E-state index in [9.17, 15) is 4.79 Å². The molecule has 0 saturated heterocycles. The summed E-state index contributed by atoms with van der Waals surface area (Å²) in [6, 6.07) is 7.50. The molecule has 0 aliphatic heterocycles. The highest BCUT2D eigenvalue weighted by Gasteiger charge is 2.11. The molecule has 1 rings (SSSR count). The molecule has 76 valence electrons. The summed E-state index contributed by atoms with van der Waals surface area (Å²) >= 11 is 2.23. The molecular formula is C10H12INO2. The second-order valence-electron chi connectivity index (χ2n) is 2.90. The average molecular weight is 305 g/mol. The van der Waals surface area contributed by atoms with Crippen molar-refractivity contribution in [1.29, 1.82) is 0 Å². The molecule has 0 radical (unpaired) electrons. The fraction of sp³-hybridized carbons (Fsp3) is 0.300. The van der Waals surface area contributed by atoms with Gasteiger partial charge in [-0.1, -0.05) is 0 Å². The third kappa shape index (κ3) is 3.17. The van der Waals surface area contributed by atoms with E-state index >= 15 is 0 Å². The molecule has 0 bridgehead atoms. The number of hydrogen-bond acceptors (Lipinski definition) is 3. The number of esters is 1. The van der Waals surface area contributed by atoms with Crippen LogP contribution < -0.4 is 5.32 Å². The predicted octanol–water partition coefficient (Wildman–Crippen LogP) is 2.26. The van der Waals surface area contributed by atoms with Gasteiger partial charge in [0.15, 0.2) is 0 Å². The standard InChI is InChI=1S/C10H12INO2/c1-7(10(13)14-2)12-9-5-3-8(11)4-6-9/h3-7,12H,1-2H3. The minimum absolute atomic E-state index is 0.261. The van der Waals surface area contributed by atoms with Gasteiger partial charge in [-0.3, -0.25) is 0 Å². The molecule has 0 amide bonds. The van der Waals surface area contributed by atoms with Crippen LogP contribution in [-0.4, -0.2) is 19.1 Å². The molecule has 0 aromatic heterocycles. The molecular weight excluding hydrogens is 293 g/mol. The van der Waals surface area contributed by atoms with Crippen LogP contribution in [0.25, 0.3) is 0 Å². The molecule has 1 atom stereocenters. The largest absolute Gasteiger partial charge is 0.467 e. The minimum Gasteiger partial charge on any atom is -0.467 e. The number of nitrogens with one attached hydrogen (secondary N) is 1. The lowest BCUT2D eigenvalue weighted by Crippen LogP contribution is -2.27. The normalized spacial score (nSPS) is 11.9. The van der Waals surface area contributed by atoms with E-state index in [1.54, 1.807) is 6.92 Å². The molecule has 0 saturated carbocycles. The third-order valence-electron chi connectivity index (χ3n) is 1.78. The Hall–Kier alpha value is -0.780. The summed E-state index contributed by atoms with van der Waals surface area (Å²) in [5.41, 5.74) is 0.920. The molecule has 0 aliphatic carbocycles. The van der Waals surface area contributed by atoms with Gasteiger partial charge in [0.25, 0.3) is 0 Å². The highest BCUT2D eigenvalue weighted by Crippen LogP contribution is 2.12. The lowest BCUT2D eigenvalue weighted by Gasteiger charge is -2.12. The van der Waals surface area contributed by atoms with Crippen molar-refractivity contribution in [2.45, 2.75) is 13.0 Å². The number of anilines is 1. The molecule has 4 heteroatoms. The highest BCUT2D eigenvalue weighted by molar-refractivity contribution is 14.1. The van der Waals surface area contributed by atoms with Crippen LogP contribution in [0, 0.1) is 3.57 Å². The quantitative estimate of drug-likeness (QED) is 0.688. The molecule has 14 heavy (non-hydrogen) atoms. The van der Waals surface area contributed by atoms with E-state index < -0.39 is 0 Å². The Balaban J connectivity index is 2.60. The van der Waals surface area contributed by atoms with Gasteiger partial charge < -0.3 is 10.1 Å². The van der Waals surface area contributed by atoms with E-state index in [-0.39, 0.29) is 12.0 Å². The zero-order valence-corrected chi connectivity index (χ0v) is 10.2. The average Bonchev–Trinajstić information content (AvgIpc) is 2.20. The van der Waals surface area contributed by atoms with Gasteiger partial charge in [0.2, 0.25) is 0 Å². The van der Waals surface area contributed by atoms with Crippen LogP contribution in [0.15, 0.2) is 24.3 Å². The summed E-state index contributed by atoms with van der Waals surface area (Å²) in [4.78, 5) is 11.1. The van der Waals surface area contributed by atoms with Gasteiger partial charge in [0.1, 0.15) is 6.04 Å². The lowest BCUT2D eigenvalue weighted by atomic mass is 10.3. The van der Waals surface area contributed by atoms with Crippen molar-refractivity contribution in [3.63, 3.8) is 0 Å². The number of carbonyl (C=O) groups is 1. The fourth-order valence-electron chi connectivity index (χ4n) is 1.03. The van der Waals surface area contributed by atoms with Gasteiger partial charge >= 0.3 is 5.97 Å². The minimum atomic E-state index is -0.319. The van der Waals surface area contributed by atoms with Gasteiger partial charge in [0.05, 0.1) is 7.11 Å². The maximum Gasteiger partial charge on any atom is 0.327 e. The van der Waals surface area contributed by atoms with Crippen molar-refractivity contribution in [2.24, 2.45) is 0 Å². The molecule has 3 nitrogen and oxygen atoms in total. The number of rotatable bonds is 3. The van der Waals surface area contributed by atoms with E-state index in [0.717, 1.165) is 5.69 Å². The molecule has 0 fully saturated rings. The Kier molecular flexibility index (Phi) is 4.19. The Morgan fingerprint density at radius 1 is 1.43 bits per heavy atom. The van der Waals surface area contributed by atoms with Crippen molar-refractivity contribution in [3.8, 4) is 0 Å². The van der Waals surface area contributed by atoms with Crippen LogP contribution in [0.3, 0.4) is 0 Å². The lowest BCUT2D eigenvalue weighted by molar-refractivity contribution is -0.141. The highest BCUT2D eigenvalue weighted by atomic mass is 127. The first-order valence-corrected chi connectivity index (χ1v) is 5.31. The topological polar surface area (TPSA) is 38.3 Å². The summed E-state index contributed by atoms with van der Waals surface area (Å²) in [6.45, 7) is 1.77. The van der Waals surface area contributed by atoms with Crippen LogP contribution in [0.4, 0.5) is 5.69 Å². The maximum atomic E-state index is 11.1. The Labute approximate surface area is 97.0 Å². The van der Waals surface area contributed by atoms with Crippen LogP contribution in [0.5, 0.6) is 0 Å². The SMILES string of the molecule is COC(=O)C(C)Nc1ccc(I)cc1. The molecule has 1 N–H and O–H groups in total. The van der Waals surface area contributed by atoms with Gasteiger partial charge in [0, 0.05) is 9.26 Å². The molecule has 1 aromatic rings. The smallest absolute Gasteiger partial charge is 0.327 e. The van der Waals surface area contributed by atoms with Crippen molar-refractivity contribution in [2.75, 3.05) is 12.4 Å². The van der Waals surface area contributed by atoms with Crippen molar-refractivity contribution in [3.05, 3.63) is 27.8 Å². The van der Waals surface area contributed by atoms with Gasteiger partial charge in [-0.2, -0.15) is 0 Å². The van der Waals surface area contributed by atoms with Crippen molar-refractivity contribution >= 4 is 34.2 Å². The summed E-state index contributed by atoms with van der Waals surface area (Å²) in [5.74, 6) is -0.261. The van der Waals surface area contributed by atoms with E-state index in [4.69, 9.17) is 0 Å². The summed E-state index contributed by atoms with van der Waals surface area (Å²) in [6.07, 6.45) is 0. The van der Waals surface area contributed by atoms with Crippen molar-refractivity contribution < 1.29 is 9.53 Å². The Bertz CT molecular complexity index is 310. The van der Waals surface area contributed by atoms with Gasteiger partial charge in [-0.25, -0.2) is 4.79 Å². The van der Waals surface area contributed by atoms with Crippen LogP contribution in [0.1, 0.15) is 6.92 Å². The molecule has 1 unspecified atom stereocenters. The Morgan fingerprint density at radius 2 is 2.00 bits per heavy atom. The second-order valence-corrected chi connectivity index (χ2v) is 4.14. The van der Waals surface area contributed by atoms with Crippen LogP contribution in [0.2, 0.25) is 0 Å². The third-order valence-corrected chi connectivity index (χ3v) is 2.50. The fourth-order valence-corrected chi connectivity index (χ4v) is 1.39. The number of carbonyl (C=O) groups excluding carboxylic acids is 1. The number of halogens is 1. The summed E-state index contributed by atoms with van der Waals surface area (Å²) in [7, 11) is 1.38. The van der Waals surface area contributed by atoms with Crippen LogP contribution >= 0.6 is 22.6 Å². The number of benzene rings is 1. The molecule has 0 heterocycles. The van der Waals surface area contributed by atoms with Crippen molar-refractivity contribution in [1.82, 2.24) is 0 Å². The zero-order valence-electron chi connectivity index (χ0n) is 8.08. The van der Waals surface area contributed by atoms with E-state index in [2.05, 4.69) is 32.6 Å². The predicted molar refractivity (Wildman–Crippen MR) is 64.3 cm³/mol. The number of hydrogen-bond donors (Lipinski definition) is 1. The van der Waals surface area contributed by atoms with Crippen LogP contribution in [-0.2, 0) is 9.53 Å². The first kappa shape index (κ1) is 11.3. The number of ether oxygens (including phenoxy) is 1. The first-order chi connectivity index (χ1) is 6.63. The Morgan fingerprint density at radius 3 is 2.50 bits per heavy atom. The molecule has 0 aliphatic rings. The van der Waals surface area contributed by atoms with Gasteiger partial charge in [-0.15, -0.1) is 0 Å². The molecule has 0 spiro atoms. The summed E-state index contributed by atoms with van der Waals surface area (Å²) in [5, 5.41) is 3.04. The second kappa shape index (κ2) is 5.19. The van der Waals surface area contributed by atoms with E-state index in [1.807, 2.05) is 24.3 Å². The number of methoxy groups -OCH3 is 1. The first-order valence-electron chi connectivity index (χ1n) is 4.23. The summed E-state index contributed by atoms with van der Waals surface area (Å²) < 4.78 is 5.77. The molecule has 1 aromatic carbocycles. The van der Waals surface area contributed by atoms with E-state index in [1.165, 1.54) is 10.7 Å². The van der Waals surface area contributed by atoms with E-state index in [0.29, 0.717) is 0 Å². The zero-order chi connectivity index (χ0) is 10.6. The van der Waals surface area contributed by atoms with Gasteiger partial charge in [-0.05, 0) is 53.8 Å². The maximum absolute atomic E-state index is 11.1. The monoisotopic (exact) mass is 305 g/mol.